The van der Waals surface area contributed by atoms with Crippen molar-refractivity contribution in [3.8, 4) is 11.1 Å². The highest BCUT2D eigenvalue weighted by molar-refractivity contribution is 5.68. The van der Waals surface area contributed by atoms with E-state index in [9.17, 15) is 13.2 Å². The first-order valence-electron chi connectivity index (χ1n) is 4.85. The average molecular weight is 238 g/mol. The number of nitrogens with zero attached hydrogens (tertiary/aromatic N) is 1. The van der Waals surface area contributed by atoms with Crippen molar-refractivity contribution in [3.05, 3.63) is 48.3 Å². The minimum absolute atomic E-state index is 0.0556. The number of anilines is 1. The van der Waals surface area contributed by atoms with Crippen LogP contribution in [0.3, 0.4) is 0 Å². The molecule has 5 heteroatoms. The van der Waals surface area contributed by atoms with E-state index >= 15 is 0 Å². The summed E-state index contributed by atoms with van der Waals surface area (Å²) in [6, 6.07) is 7.17. The lowest BCUT2D eigenvalue weighted by Crippen LogP contribution is -2.07. The van der Waals surface area contributed by atoms with Crippen LogP contribution in [0, 0.1) is 0 Å². The summed E-state index contributed by atoms with van der Waals surface area (Å²) in [7, 11) is 0. The van der Waals surface area contributed by atoms with Crippen LogP contribution in [0.15, 0.2) is 42.7 Å². The number of aromatic nitrogens is 1. The average Bonchev–Trinajstić information content (AvgIpc) is 2.29. The molecule has 2 aromatic rings. The predicted molar refractivity (Wildman–Crippen MR) is 59.1 cm³/mol. The highest BCUT2D eigenvalue weighted by Gasteiger charge is 2.33. The van der Waals surface area contributed by atoms with Gasteiger partial charge in [-0.1, -0.05) is 12.1 Å². The molecule has 0 aliphatic rings. The molecule has 2 nitrogen and oxygen atoms in total. The quantitative estimate of drug-likeness (QED) is 0.774. The summed E-state index contributed by atoms with van der Waals surface area (Å²) in [6.07, 6.45) is -2.06. The Hall–Kier alpha value is -2.04. The Balaban J connectivity index is 2.56. The molecular weight excluding hydrogens is 229 g/mol. The molecule has 0 aliphatic carbocycles. The highest BCUT2D eigenvalue weighted by atomic mass is 19.4. The minimum atomic E-state index is -4.39. The van der Waals surface area contributed by atoms with Gasteiger partial charge in [0.05, 0.1) is 5.56 Å². The fraction of sp³-hybridized carbons (Fsp3) is 0.0833. The Labute approximate surface area is 95.9 Å². The van der Waals surface area contributed by atoms with E-state index in [1.54, 1.807) is 24.3 Å². The summed E-state index contributed by atoms with van der Waals surface area (Å²) < 4.78 is 38.3. The van der Waals surface area contributed by atoms with Gasteiger partial charge >= 0.3 is 6.18 Å². The highest BCUT2D eigenvalue weighted by Crippen LogP contribution is 2.36. The second kappa shape index (κ2) is 4.08. The van der Waals surface area contributed by atoms with Gasteiger partial charge in [-0.2, -0.15) is 13.2 Å². The monoisotopic (exact) mass is 238 g/mol. The first kappa shape index (κ1) is 11.4. The number of hydrogen-bond acceptors (Lipinski definition) is 2. The number of halogens is 3. The smallest absolute Gasteiger partial charge is 0.399 e. The van der Waals surface area contributed by atoms with Gasteiger partial charge in [0.15, 0.2) is 0 Å². The van der Waals surface area contributed by atoms with Crippen LogP contribution >= 0.6 is 0 Å². The van der Waals surface area contributed by atoms with E-state index in [0.717, 1.165) is 12.3 Å². The summed E-state index contributed by atoms with van der Waals surface area (Å²) in [4.78, 5) is 3.73. The van der Waals surface area contributed by atoms with Gasteiger partial charge in [0.1, 0.15) is 0 Å². The molecule has 2 rings (SSSR count). The van der Waals surface area contributed by atoms with Crippen LogP contribution in [0.1, 0.15) is 5.56 Å². The van der Waals surface area contributed by atoms with Crippen LogP contribution in [0.25, 0.3) is 11.1 Å². The molecule has 0 saturated heterocycles. The van der Waals surface area contributed by atoms with Crippen molar-refractivity contribution in [2.75, 3.05) is 5.73 Å². The number of benzene rings is 1. The van der Waals surface area contributed by atoms with Crippen molar-refractivity contribution in [2.45, 2.75) is 6.18 Å². The predicted octanol–water partition coefficient (Wildman–Crippen LogP) is 3.35. The first-order valence-corrected chi connectivity index (χ1v) is 4.85. The molecule has 0 spiro atoms. The Morgan fingerprint density at radius 2 is 1.65 bits per heavy atom. The first-order chi connectivity index (χ1) is 7.98. The summed E-state index contributed by atoms with van der Waals surface area (Å²) in [5, 5.41) is 0. The molecule has 88 valence electrons. The standard InChI is InChI=1S/C12H9F3N2/c13-12(14,15)11-5-6-17-7-10(11)8-1-3-9(16)4-2-8/h1-7H,16H2. The molecule has 1 heterocycles. The van der Waals surface area contributed by atoms with E-state index in [1.807, 2.05) is 0 Å². The molecule has 0 aliphatic heterocycles. The van der Waals surface area contributed by atoms with E-state index in [1.165, 1.54) is 6.20 Å². The second-order valence-corrected chi connectivity index (χ2v) is 3.54. The zero-order valence-electron chi connectivity index (χ0n) is 8.70. The van der Waals surface area contributed by atoms with Crippen molar-refractivity contribution >= 4 is 5.69 Å². The number of nitrogens with two attached hydrogens (primary N) is 1. The minimum Gasteiger partial charge on any atom is -0.399 e. The van der Waals surface area contributed by atoms with Crippen molar-refractivity contribution in [1.82, 2.24) is 4.98 Å². The van der Waals surface area contributed by atoms with Gasteiger partial charge in [-0.25, -0.2) is 0 Å². The number of rotatable bonds is 1. The molecule has 17 heavy (non-hydrogen) atoms. The van der Waals surface area contributed by atoms with Gasteiger partial charge in [0.25, 0.3) is 0 Å². The molecule has 1 aromatic heterocycles. The molecule has 0 bridgehead atoms. The molecule has 0 amide bonds. The topological polar surface area (TPSA) is 38.9 Å². The molecule has 0 atom stereocenters. The molecule has 0 radical (unpaired) electrons. The lowest BCUT2D eigenvalue weighted by Gasteiger charge is -2.12. The van der Waals surface area contributed by atoms with Crippen LogP contribution in [0.2, 0.25) is 0 Å². The summed E-state index contributed by atoms with van der Waals surface area (Å²) >= 11 is 0. The Morgan fingerprint density at radius 1 is 1.00 bits per heavy atom. The summed E-state index contributed by atoms with van der Waals surface area (Å²) in [5.74, 6) is 0. The van der Waals surface area contributed by atoms with Gasteiger partial charge in [0.2, 0.25) is 0 Å². The van der Waals surface area contributed by atoms with Crippen LogP contribution in [0.4, 0.5) is 18.9 Å². The van der Waals surface area contributed by atoms with Crippen molar-refractivity contribution in [1.29, 1.82) is 0 Å². The maximum absolute atomic E-state index is 12.8. The Morgan fingerprint density at radius 3 is 2.24 bits per heavy atom. The van der Waals surface area contributed by atoms with Crippen LogP contribution in [-0.2, 0) is 6.18 Å². The third-order valence-corrected chi connectivity index (χ3v) is 2.35. The number of alkyl halides is 3. The molecule has 2 N–H and O–H groups in total. The third-order valence-electron chi connectivity index (χ3n) is 2.35. The van der Waals surface area contributed by atoms with E-state index in [4.69, 9.17) is 5.73 Å². The van der Waals surface area contributed by atoms with Crippen LogP contribution < -0.4 is 5.73 Å². The largest absolute Gasteiger partial charge is 0.417 e. The normalized spacial score (nSPS) is 11.5. The fourth-order valence-electron chi connectivity index (χ4n) is 1.53. The maximum atomic E-state index is 12.8. The zero-order valence-corrected chi connectivity index (χ0v) is 8.70. The SMILES string of the molecule is Nc1ccc(-c2cnccc2C(F)(F)F)cc1. The van der Waals surface area contributed by atoms with Gasteiger partial charge in [-0.15, -0.1) is 0 Å². The fourth-order valence-corrected chi connectivity index (χ4v) is 1.53. The molecule has 0 saturated carbocycles. The van der Waals surface area contributed by atoms with Gasteiger partial charge in [0, 0.05) is 23.6 Å². The summed E-state index contributed by atoms with van der Waals surface area (Å²) in [6.45, 7) is 0. The van der Waals surface area contributed by atoms with Gasteiger partial charge in [-0.3, -0.25) is 4.98 Å². The lowest BCUT2D eigenvalue weighted by molar-refractivity contribution is -0.137. The molecular formula is C12H9F3N2. The number of hydrogen-bond donors (Lipinski definition) is 1. The zero-order chi connectivity index (χ0) is 12.5. The third kappa shape index (κ3) is 2.38. The molecule has 0 fully saturated rings. The van der Waals surface area contributed by atoms with Crippen LogP contribution in [-0.4, -0.2) is 4.98 Å². The van der Waals surface area contributed by atoms with E-state index < -0.39 is 11.7 Å². The maximum Gasteiger partial charge on any atom is 0.417 e. The Bertz CT molecular complexity index is 518. The Kier molecular flexibility index (Phi) is 2.75. The van der Waals surface area contributed by atoms with Crippen molar-refractivity contribution in [2.24, 2.45) is 0 Å². The lowest BCUT2D eigenvalue weighted by atomic mass is 10.0. The second-order valence-electron chi connectivity index (χ2n) is 3.54. The molecule has 1 aromatic carbocycles. The number of nitrogen functional groups attached to an aromatic ring is 1. The van der Waals surface area contributed by atoms with E-state index in [0.29, 0.717) is 11.3 Å². The van der Waals surface area contributed by atoms with Crippen LogP contribution in [0.5, 0.6) is 0 Å². The van der Waals surface area contributed by atoms with Crippen molar-refractivity contribution < 1.29 is 13.2 Å². The van der Waals surface area contributed by atoms with E-state index in [-0.39, 0.29) is 5.56 Å². The summed E-state index contributed by atoms with van der Waals surface area (Å²) in [5.41, 5.74) is 5.80. The van der Waals surface area contributed by atoms with Crippen molar-refractivity contribution in [3.63, 3.8) is 0 Å². The van der Waals surface area contributed by atoms with Gasteiger partial charge < -0.3 is 5.73 Å². The number of pyridine rings is 1. The van der Waals surface area contributed by atoms with Gasteiger partial charge in [-0.05, 0) is 23.8 Å². The van der Waals surface area contributed by atoms with E-state index in [2.05, 4.69) is 4.98 Å². The molecule has 0 unspecified atom stereocenters.